The number of likely N-dealkylation sites (tertiary alicyclic amines) is 1. The molecule has 0 radical (unpaired) electrons. The number of aromatic nitrogens is 1. The second-order valence-corrected chi connectivity index (χ2v) is 6.94. The Bertz CT molecular complexity index is 437. The van der Waals surface area contributed by atoms with E-state index in [0.29, 0.717) is 6.61 Å². The van der Waals surface area contributed by atoms with E-state index in [9.17, 15) is 0 Å². The van der Waals surface area contributed by atoms with Gasteiger partial charge in [0.25, 0.3) is 0 Å². The first-order chi connectivity index (χ1) is 10.1. The number of nitrogens with zero attached hydrogens (tertiary/aromatic N) is 3. The lowest BCUT2D eigenvalue weighted by Crippen LogP contribution is -2.27. The topological polar surface area (TPSA) is 40.6 Å². The summed E-state index contributed by atoms with van der Waals surface area (Å²) in [6.45, 7) is 8.08. The van der Waals surface area contributed by atoms with Gasteiger partial charge in [-0.15, -0.1) is 11.3 Å². The lowest BCUT2D eigenvalue weighted by Gasteiger charge is -2.20. The van der Waals surface area contributed by atoms with Crippen LogP contribution in [0.1, 0.15) is 23.9 Å². The minimum atomic E-state index is 0.594. The first kappa shape index (κ1) is 16.7. The summed E-state index contributed by atoms with van der Waals surface area (Å²) >= 11 is 1.79. The third-order valence-electron chi connectivity index (χ3n) is 3.93. The standard InChI is InChI=1S/C15H28N4OS/c1-5-16-8-14-13(11-20-4)17-15(21-14)19(3)10-12-6-7-18(2)9-12/h12,16H,5-11H2,1-4H3. The van der Waals surface area contributed by atoms with Crippen LogP contribution in [0.4, 0.5) is 5.13 Å². The smallest absolute Gasteiger partial charge is 0.185 e. The lowest BCUT2D eigenvalue weighted by molar-refractivity contribution is 0.181. The van der Waals surface area contributed by atoms with Crippen LogP contribution in [-0.4, -0.2) is 57.3 Å². The highest BCUT2D eigenvalue weighted by molar-refractivity contribution is 7.15. The molecule has 1 aromatic rings. The molecule has 0 bridgehead atoms. The van der Waals surface area contributed by atoms with E-state index < -0.39 is 0 Å². The third kappa shape index (κ3) is 4.64. The molecule has 1 N–H and O–H groups in total. The van der Waals surface area contributed by atoms with Crippen molar-refractivity contribution >= 4 is 16.5 Å². The Hall–Kier alpha value is -0.690. The second kappa shape index (κ2) is 8.08. The van der Waals surface area contributed by atoms with Gasteiger partial charge in [0, 0.05) is 38.7 Å². The van der Waals surface area contributed by atoms with Gasteiger partial charge in [0.2, 0.25) is 0 Å². The van der Waals surface area contributed by atoms with E-state index in [1.807, 2.05) is 0 Å². The van der Waals surface area contributed by atoms with Gasteiger partial charge in [-0.2, -0.15) is 0 Å². The van der Waals surface area contributed by atoms with E-state index in [-0.39, 0.29) is 0 Å². The molecule has 1 aliphatic rings. The first-order valence-electron chi connectivity index (χ1n) is 7.72. The number of nitrogens with one attached hydrogen (secondary N) is 1. The molecule has 1 unspecified atom stereocenters. The summed E-state index contributed by atoms with van der Waals surface area (Å²) in [5, 5.41) is 4.50. The Morgan fingerprint density at radius 2 is 2.33 bits per heavy atom. The number of rotatable bonds is 8. The zero-order valence-corrected chi connectivity index (χ0v) is 14.5. The van der Waals surface area contributed by atoms with Gasteiger partial charge in [0.1, 0.15) is 0 Å². The molecule has 1 atom stereocenters. The van der Waals surface area contributed by atoms with Crippen LogP contribution in [0.25, 0.3) is 0 Å². The molecule has 2 rings (SSSR count). The average Bonchev–Trinajstić information content (AvgIpc) is 3.04. The zero-order chi connectivity index (χ0) is 15.2. The number of anilines is 1. The molecule has 1 aromatic heterocycles. The van der Waals surface area contributed by atoms with Crippen LogP contribution in [0, 0.1) is 5.92 Å². The van der Waals surface area contributed by atoms with Gasteiger partial charge < -0.3 is 19.9 Å². The molecule has 0 aromatic carbocycles. The highest BCUT2D eigenvalue weighted by atomic mass is 32.1. The van der Waals surface area contributed by atoms with E-state index in [0.717, 1.165) is 36.4 Å². The maximum Gasteiger partial charge on any atom is 0.185 e. The Morgan fingerprint density at radius 1 is 1.52 bits per heavy atom. The lowest BCUT2D eigenvalue weighted by atomic mass is 10.1. The Morgan fingerprint density at radius 3 is 2.95 bits per heavy atom. The molecule has 0 saturated carbocycles. The maximum absolute atomic E-state index is 5.28. The number of methoxy groups -OCH3 is 1. The quantitative estimate of drug-likeness (QED) is 0.792. The van der Waals surface area contributed by atoms with Gasteiger partial charge in [-0.25, -0.2) is 4.98 Å². The van der Waals surface area contributed by atoms with E-state index in [2.05, 4.69) is 36.1 Å². The summed E-state index contributed by atoms with van der Waals surface area (Å²) in [4.78, 5) is 10.8. The van der Waals surface area contributed by atoms with E-state index >= 15 is 0 Å². The van der Waals surface area contributed by atoms with Crippen LogP contribution in [-0.2, 0) is 17.9 Å². The summed E-state index contributed by atoms with van der Waals surface area (Å²) in [5.74, 6) is 0.756. The summed E-state index contributed by atoms with van der Waals surface area (Å²) in [6, 6.07) is 0. The predicted molar refractivity (Wildman–Crippen MR) is 89.1 cm³/mol. The van der Waals surface area contributed by atoms with Crippen LogP contribution in [0.2, 0.25) is 0 Å². The molecule has 120 valence electrons. The molecule has 0 aliphatic carbocycles. The molecule has 2 heterocycles. The zero-order valence-electron chi connectivity index (χ0n) is 13.7. The van der Waals surface area contributed by atoms with Crippen molar-refractivity contribution in [3.05, 3.63) is 10.6 Å². The van der Waals surface area contributed by atoms with Crippen molar-refractivity contribution in [1.82, 2.24) is 15.2 Å². The molecule has 0 amide bonds. The molecule has 1 aliphatic heterocycles. The van der Waals surface area contributed by atoms with E-state index in [1.54, 1.807) is 18.4 Å². The fraction of sp³-hybridized carbons (Fsp3) is 0.800. The molecule has 6 heteroatoms. The number of ether oxygens (including phenoxy) is 1. The Kier molecular flexibility index (Phi) is 6.41. The van der Waals surface area contributed by atoms with Gasteiger partial charge in [0.05, 0.1) is 12.3 Å². The monoisotopic (exact) mass is 312 g/mol. The largest absolute Gasteiger partial charge is 0.378 e. The van der Waals surface area contributed by atoms with Crippen molar-refractivity contribution in [2.24, 2.45) is 5.92 Å². The average molecular weight is 312 g/mol. The molecule has 5 nitrogen and oxygen atoms in total. The minimum absolute atomic E-state index is 0.594. The Balaban J connectivity index is 2.00. The number of thiazole rings is 1. The second-order valence-electron chi connectivity index (χ2n) is 5.88. The van der Waals surface area contributed by atoms with Crippen molar-refractivity contribution in [2.75, 3.05) is 52.3 Å². The normalized spacial score (nSPS) is 19.3. The summed E-state index contributed by atoms with van der Waals surface area (Å²) in [6.07, 6.45) is 1.29. The van der Waals surface area contributed by atoms with Gasteiger partial charge >= 0.3 is 0 Å². The van der Waals surface area contributed by atoms with Gasteiger partial charge in [-0.1, -0.05) is 6.92 Å². The van der Waals surface area contributed by atoms with Gasteiger partial charge in [0.15, 0.2) is 5.13 Å². The maximum atomic E-state index is 5.28. The molecule has 1 fully saturated rings. The van der Waals surface area contributed by atoms with Crippen molar-refractivity contribution < 1.29 is 4.74 Å². The number of hydrogen-bond acceptors (Lipinski definition) is 6. The van der Waals surface area contributed by atoms with Gasteiger partial charge in [-0.05, 0) is 32.5 Å². The van der Waals surface area contributed by atoms with Crippen LogP contribution in [0.5, 0.6) is 0 Å². The molecular formula is C15H28N4OS. The van der Waals surface area contributed by atoms with Crippen LogP contribution < -0.4 is 10.2 Å². The van der Waals surface area contributed by atoms with Crippen molar-refractivity contribution in [3.63, 3.8) is 0 Å². The fourth-order valence-corrected chi connectivity index (χ4v) is 3.80. The summed E-state index contributed by atoms with van der Waals surface area (Å²) in [5.41, 5.74) is 1.08. The van der Waals surface area contributed by atoms with E-state index in [1.165, 1.54) is 24.4 Å². The molecule has 0 spiro atoms. The summed E-state index contributed by atoms with van der Waals surface area (Å²) < 4.78 is 5.28. The van der Waals surface area contributed by atoms with Crippen molar-refractivity contribution in [3.8, 4) is 0 Å². The molecular weight excluding hydrogens is 284 g/mol. The van der Waals surface area contributed by atoms with Gasteiger partial charge in [-0.3, -0.25) is 0 Å². The summed E-state index contributed by atoms with van der Waals surface area (Å²) in [7, 11) is 6.09. The van der Waals surface area contributed by atoms with Crippen LogP contribution >= 0.6 is 11.3 Å². The fourth-order valence-electron chi connectivity index (χ4n) is 2.80. The van der Waals surface area contributed by atoms with Crippen molar-refractivity contribution in [1.29, 1.82) is 0 Å². The highest BCUT2D eigenvalue weighted by Gasteiger charge is 2.22. The Labute approximate surface area is 132 Å². The SMILES string of the molecule is CCNCc1sc(N(C)CC2CCN(C)C2)nc1COC. The van der Waals surface area contributed by atoms with Crippen LogP contribution in [0.15, 0.2) is 0 Å². The van der Waals surface area contributed by atoms with E-state index in [4.69, 9.17) is 9.72 Å². The number of hydrogen-bond donors (Lipinski definition) is 1. The minimum Gasteiger partial charge on any atom is -0.378 e. The first-order valence-corrected chi connectivity index (χ1v) is 8.53. The highest BCUT2D eigenvalue weighted by Crippen LogP contribution is 2.28. The molecule has 21 heavy (non-hydrogen) atoms. The molecule has 1 saturated heterocycles. The van der Waals surface area contributed by atoms with Crippen LogP contribution in [0.3, 0.4) is 0 Å². The van der Waals surface area contributed by atoms with Crippen molar-refractivity contribution in [2.45, 2.75) is 26.5 Å². The predicted octanol–water partition coefficient (Wildman–Crippen LogP) is 1.79. The third-order valence-corrected chi connectivity index (χ3v) is 5.14.